The highest BCUT2D eigenvalue weighted by Crippen LogP contribution is 2.22. The molecule has 2 heterocycles. The number of anilines is 2. The van der Waals surface area contributed by atoms with E-state index >= 15 is 0 Å². The lowest BCUT2D eigenvalue weighted by molar-refractivity contribution is 0.0636. The molecule has 1 N–H and O–H groups in total. The summed E-state index contributed by atoms with van der Waals surface area (Å²) in [7, 11) is 0. The van der Waals surface area contributed by atoms with Crippen molar-refractivity contribution in [3.8, 4) is 0 Å². The molecule has 0 aliphatic carbocycles. The number of amides is 1. The van der Waals surface area contributed by atoms with Gasteiger partial charge in [0.15, 0.2) is 0 Å². The molecule has 1 aromatic heterocycles. The van der Waals surface area contributed by atoms with Crippen LogP contribution in [0.15, 0.2) is 12.1 Å². The van der Waals surface area contributed by atoms with Gasteiger partial charge in [-0.15, -0.1) is 0 Å². The second kappa shape index (κ2) is 7.28. The van der Waals surface area contributed by atoms with Crippen molar-refractivity contribution < 1.29 is 14.3 Å². The molecule has 122 valence electrons. The molecule has 0 aromatic carbocycles. The van der Waals surface area contributed by atoms with E-state index < -0.39 is 11.7 Å². The molecule has 0 unspecified atom stereocenters. The summed E-state index contributed by atoms with van der Waals surface area (Å²) in [6.07, 6.45) is -0.466. The minimum absolute atomic E-state index is 0.466. The van der Waals surface area contributed by atoms with Gasteiger partial charge in [-0.1, -0.05) is 15.9 Å². The summed E-state index contributed by atoms with van der Waals surface area (Å²) in [6.45, 7) is 8.48. The summed E-state index contributed by atoms with van der Waals surface area (Å²) in [4.78, 5) is 18.7. The van der Waals surface area contributed by atoms with E-state index in [0.29, 0.717) is 24.2 Å². The standard InChI is InChI=1S/C15H22BrN3O3/c1-15(2,3)22-14(20)18-11-8-12(10-16)17-13(9-11)19-4-6-21-7-5-19/h8-9H,4-7,10H2,1-3H3,(H,17,18,20). The molecule has 7 heteroatoms. The van der Waals surface area contributed by atoms with Gasteiger partial charge in [0, 0.05) is 30.2 Å². The van der Waals surface area contributed by atoms with E-state index in [2.05, 4.69) is 31.1 Å². The lowest BCUT2D eigenvalue weighted by Gasteiger charge is -2.28. The van der Waals surface area contributed by atoms with Crippen LogP contribution in [0.2, 0.25) is 0 Å². The number of ether oxygens (including phenoxy) is 2. The van der Waals surface area contributed by atoms with Crippen molar-refractivity contribution in [2.75, 3.05) is 36.5 Å². The molecule has 0 saturated carbocycles. The Morgan fingerprint density at radius 3 is 2.68 bits per heavy atom. The Bertz CT molecular complexity index is 525. The number of carbonyl (C=O) groups excluding carboxylic acids is 1. The molecule has 0 atom stereocenters. The molecular weight excluding hydrogens is 350 g/mol. The SMILES string of the molecule is CC(C)(C)OC(=O)Nc1cc(CBr)nc(N2CCOCC2)c1. The van der Waals surface area contributed by atoms with Gasteiger partial charge < -0.3 is 14.4 Å². The Balaban J connectivity index is 2.14. The number of pyridine rings is 1. The van der Waals surface area contributed by atoms with Crippen LogP contribution in [0.5, 0.6) is 0 Å². The summed E-state index contributed by atoms with van der Waals surface area (Å²) in [5.74, 6) is 0.839. The Morgan fingerprint density at radius 2 is 2.09 bits per heavy atom. The van der Waals surface area contributed by atoms with Crippen LogP contribution in [0.1, 0.15) is 26.5 Å². The Kier molecular flexibility index (Phi) is 5.63. The van der Waals surface area contributed by atoms with Crippen LogP contribution in [0.25, 0.3) is 0 Å². The van der Waals surface area contributed by atoms with Crippen molar-refractivity contribution in [2.24, 2.45) is 0 Å². The third-order valence-electron chi connectivity index (χ3n) is 2.98. The number of halogens is 1. The molecule has 1 saturated heterocycles. The van der Waals surface area contributed by atoms with E-state index in [1.165, 1.54) is 0 Å². The summed E-state index contributed by atoms with van der Waals surface area (Å²) in [6, 6.07) is 3.70. The fraction of sp³-hybridized carbons (Fsp3) is 0.600. The van der Waals surface area contributed by atoms with E-state index in [0.717, 1.165) is 24.6 Å². The number of hydrogen-bond acceptors (Lipinski definition) is 5. The fourth-order valence-electron chi connectivity index (χ4n) is 2.09. The van der Waals surface area contributed by atoms with Crippen LogP contribution in [-0.4, -0.2) is 43.0 Å². The van der Waals surface area contributed by atoms with Crippen molar-refractivity contribution in [3.05, 3.63) is 17.8 Å². The number of morpholine rings is 1. The van der Waals surface area contributed by atoms with E-state index in [9.17, 15) is 4.79 Å². The molecular formula is C15H22BrN3O3. The zero-order chi connectivity index (χ0) is 16.2. The maximum absolute atomic E-state index is 11.9. The third kappa shape index (κ3) is 5.14. The number of rotatable bonds is 3. The highest BCUT2D eigenvalue weighted by Gasteiger charge is 2.18. The van der Waals surface area contributed by atoms with Gasteiger partial charge in [-0.05, 0) is 26.8 Å². The Hall–Kier alpha value is -1.34. The van der Waals surface area contributed by atoms with Crippen molar-refractivity contribution in [3.63, 3.8) is 0 Å². The van der Waals surface area contributed by atoms with Crippen molar-refractivity contribution in [2.45, 2.75) is 31.7 Å². The van der Waals surface area contributed by atoms with E-state index in [-0.39, 0.29) is 0 Å². The predicted octanol–water partition coefficient (Wildman–Crippen LogP) is 3.16. The van der Waals surface area contributed by atoms with Gasteiger partial charge in [-0.3, -0.25) is 5.32 Å². The van der Waals surface area contributed by atoms with Crippen molar-refractivity contribution in [1.29, 1.82) is 0 Å². The van der Waals surface area contributed by atoms with Gasteiger partial charge in [0.05, 0.1) is 18.9 Å². The number of nitrogens with zero attached hydrogens (tertiary/aromatic N) is 2. The average Bonchev–Trinajstić information content (AvgIpc) is 2.45. The van der Waals surface area contributed by atoms with Crippen LogP contribution in [-0.2, 0) is 14.8 Å². The summed E-state index contributed by atoms with van der Waals surface area (Å²) in [5, 5.41) is 3.39. The number of hydrogen-bond donors (Lipinski definition) is 1. The smallest absolute Gasteiger partial charge is 0.412 e. The second-order valence-corrected chi connectivity index (χ2v) is 6.63. The molecule has 0 radical (unpaired) electrons. The van der Waals surface area contributed by atoms with Gasteiger partial charge in [0.25, 0.3) is 0 Å². The highest BCUT2D eigenvalue weighted by molar-refractivity contribution is 9.08. The molecule has 1 amide bonds. The Morgan fingerprint density at radius 1 is 1.41 bits per heavy atom. The van der Waals surface area contributed by atoms with Crippen molar-refractivity contribution in [1.82, 2.24) is 4.98 Å². The number of nitrogens with one attached hydrogen (secondary N) is 1. The summed E-state index contributed by atoms with van der Waals surface area (Å²) >= 11 is 3.42. The van der Waals surface area contributed by atoms with Gasteiger partial charge >= 0.3 is 6.09 Å². The summed E-state index contributed by atoms with van der Waals surface area (Å²) in [5.41, 5.74) is 1.01. The third-order valence-corrected chi connectivity index (χ3v) is 3.56. The molecule has 1 fully saturated rings. The largest absolute Gasteiger partial charge is 0.444 e. The van der Waals surface area contributed by atoms with Gasteiger partial charge in [0.2, 0.25) is 0 Å². The first-order valence-electron chi connectivity index (χ1n) is 7.27. The monoisotopic (exact) mass is 371 g/mol. The first-order valence-corrected chi connectivity index (χ1v) is 8.39. The van der Waals surface area contributed by atoms with Crippen LogP contribution < -0.4 is 10.2 Å². The number of alkyl halides is 1. The van der Waals surface area contributed by atoms with Crippen LogP contribution >= 0.6 is 15.9 Å². The van der Waals surface area contributed by atoms with Crippen LogP contribution in [0, 0.1) is 0 Å². The predicted molar refractivity (Wildman–Crippen MR) is 89.8 cm³/mol. The lowest BCUT2D eigenvalue weighted by atomic mass is 10.2. The molecule has 22 heavy (non-hydrogen) atoms. The second-order valence-electron chi connectivity index (χ2n) is 6.07. The minimum atomic E-state index is -0.525. The van der Waals surface area contributed by atoms with Gasteiger partial charge in [-0.25, -0.2) is 9.78 Å². The number of carbonyl (C=O) groups is 1. The first kappa shape index (κ1) is 17.0. The van der Waals surface area contributed by atoms with Crippen molar-refractivity contribution >= 4 is 33.5 Å². The number of aromatic nitrogens is 1. The highest BCUT2D eigenvalue weighted by atomic mass is 79.9. The maximum atomic E-state index is 11.9. The zero-order valence-corrected chi connectivity index (χ0v) is 14.8. The quantitative estimate of drug-likeness (QED) is 0.826. The topological polar surface area (TPSA) is 63.7 Å². The van der Waals surface area contributed by atoms with Gasteiger partial charge in [0.1, 0.15) is 11.4 Å². The van der Waals surface area contributed by atoms with E-state index in [1.54, 1.807) is 0 Å². The van der Waals surface area contributed by atoms with E-state index in [4.69, 9.17) is 9.47 Å². The molecule has 1 aliphatic rings. The summed E-state index contributed by atoms with van der Waals surface area (Å²) < 4.78 is 10.6. The minimum Gasteiger partial charge on any atom is -0.444 e. The molecule has 0 spiro atoms. The molecule has 0 bridgehead atoms. The maximum Gasteiger partial charge on any atom is 0.412 e. The normalized spacial score (nSPS) is 15.5. The zero-order valence-electron chi connectivity index (χ0n) is 13.2. The Labute approximate surface area is 139 Å². The van der Waals surface area contributed by atoms with Crippen LogP contribution in [0.4, 0.5) is 16.3 Å². The lowest BCUT2D eigenvalue weighted by Crippen LogP contribution is -2.37. The van der Waals surface area contributed by atoms with E-state index in [1.807, 2.05) is 32.9 Å². The molecule has 1 aromatic rings. The molecule has 6 nitrogen and oxygen atoms in total. The van der Waals surface area contributed by atoms with Crippen LogP contribution in [0.3, 0.4) is 0 Å². The first-order chi connectivity index (χ1) is 10.4. The molecule has 1 aliphatic heterocycles. The molecule has 2 rings (SSSR count). The van der Waals surface area contributed by atoms with Gasteiger partial charge in [-0.2, -0.15) is 0 Å². The fourth-order valence-corrected chi connectivity index (χ4v) is 2.38. The average molecular weight is 372 g/mol.